The summed E-state index contributed by atoms with van der Waals surface area (Å²) in [5, 5.41) is 19.5. The molecule has 0 aromatic carbocycles. The normalized spacial score (nSPS) is 27.4. The van der Waals surface area contributed by atoms with Gasteiger partial charge in [0.2, 0.25) is 0 Å². The zero-order valence-corrected chi connectivity index (χ0v) is 12.4. The Bertz CT molecular complexity index is 669. The van der Waals surface area contributed by atoms with E-state index in [1.807, 2.05) is 0 Å². The van der Waals surface area contributed by atoms with Gasteiger partial charge in [-0.25, -0.2) is 4.79 Å². The molecule has 3 N–H and O–H groups in total. The average Bonchev–Trinajstić information content (AvgIpc) is 2.80. The summed E-state index contributed by atoms with van der Waals surface area (Å²) < 4.78 is 6.72. The molecule has 0 spiro atoms. The lowest BCUT2D eigenvalue weighted by Gasteiger charge is -2.17. The van der Waals surface area contributed by atoms with Gasteiger partial charge in [0.1, 0.15) is 12.2 Å². The third-order valence-electron chi connectivity index (χ3n) is 3.60. The monoisotopic (exact) mass is 308 g/mol. The SMILES string of the molecule is CCCCC#C[C@H]1[C@H](O)[C@@H](CO)O[C@H]1n1ccc(=O)[nH]c1=O. The van der Waals surface area contributed by atoms with Crippen LogP contribution in [0.25, 0.3) is 0 Å². The fraction of sp³-hybridized carbons (Fsp3) is 0.600. The molecule has 7 heteroatoms. The number of aromatic amines is 1. The van der Waals surface area contributed by atoms with Crippen LogP contribution in [0, 0.1) is 17.8 Å². The highest BCUT2D eigenvalue weighted by Crippen LogP contribution is 2.33. The maximum atomic E-state index is 11.9. The Morgan fingerprint density at radius 1 is 1.45 bits per heavy atom. The predicted octanol–water partition coefficient (Wildman–Crippen LogP) is -0.403. The van der Waals surface area contributed by atoms with Crippen molar-refractivity contribution in [1.82, 2.24) is 9.55 Å². The maximum Gasteiger partial charge on any atom is 0.330 e. The maximum absolute atomic E-state index is 11.9. The van der Waals surface area contributed by atoms with Crippen LogP contribution in [0.4, 0.5) is 0 Å². The predicted molar refractivity (Wildman–Crippen MR) is 79.1 cm³/mol. The molecular weight excluding hydrogens is 288 g/mol. The molecule has 1 saturated heterocycles. The Balaban J connectivity index is 2.31. The lowest BCUT2D eigenvalue weighted by atomic mass is 10.00. The number of aliphatic hydroxyl groups is 2. The molecule has 1 aliphatic heterocycles. The van der Waals surface area contributed by atoms with Gasteiger partial charge in [-0.1, -0.05) is 19.3 Å². The van der Waals surface area contributed by atoms with Gasteiger partial charge >= 0.3 is 5.69 Å². The van der Waals surface area contributed by atoms with Gasteiger partial charge in [-0.2, -0.15) is 0 Å². The zero-order chi connectivity index (χ0) is 16.1. The summed E-state index contributed by atoms with van der Waals surface area (Å²) in [4.78, 5) is 25.2. The molecule has 1 aromatic heterocycles. The highest BCUT2D eigenvalue weighted by molar-refractivity contribution is 5.11. The lowest BCUT2D eigenvalue weighted by molar-refractivity contribution is -0.0469. The van der Waals surface area contributed by atoms with Crippen molar-refractivity contribution in [2.75, 3.05) is 6.61 Å². The molecule has 0 amide bonds. The van der Waals surface area contributed by atoms with Crippen LogP contribution >= 0.6 is 0 Å². The Morgan fingerprint density at radius 2 is 2.23 bits per heavy atom. The van der Waals surface area contributed by atoms with Crippen LogP contribution in [-0.4, -0.2) is 38.6 Å². The molecule has 22 heavy (non-hydrogen) atoms. The van der Waals surface area contributed by atoms with E-state index < -0.39 is 35.6 Å². The molecular formula is C15H20N2O5. The number of ether oxygens (including phenoxy) is 1. The van der Waals surface area contributed by atoms with Crippen molar-refractivity contribution < 1.29 is 14.9 Å². The zero-order valence-electron chi connectivity index (χ0n) is 12.4. The summed E-state index contributed by atoms with van der Waals surface area (Å²) in [6.07, 6.45) is 1.31. The Kier molecular flexibility index (Phi) is 5.55. The average molecular weight is 308 g/mol. The van der Waals surface area contributed by atoms with E-state index in [-0.39, 0.29) is 6.61 Å². The van der Waals surface area contributed by atoms with Crippen LogP contribution in [0.1, 0.15) is 32.4 Å². The van der Waals surface area contributed by atoms with E-state index in [1.54, 1.807) is 0 Å². The molecule has 1 fully saturated rings. The minimum atomic E-state index is -0.997. The second-order valence-corrected chi connectivity index (χ2v) is 5.21. The molecule has 2 rings (SSSR count). The first-order chi connectivity index (χ1) is 10.6. The highest BCUT2D eigenvalue weighted by atomic mass is 16.5. The van der Waals surface area contributed by atoms with Crippen molar-refractivity contribution >= 4 is 0 Å². The Labute approximate surface area is 127 Å². The molecule has 7 nitrogen and oxygen atoms in total. The number of rotatable bonds is 4. The number of nitrogens with zero attached hydrogens (tertiary/aromatic N) is 1. The van der Waals surface area contributed by atoms with Gasteiger partial charge in [-0.15, -0.1) is 5.92 Å². The van der Waals surface area contributed by atoms with Gasteiger partial charge < -0.3 is 14.9 Å². The molecule has 0 saturated carbocycles. The molecule has 0 unspecified atom stereocenters. The third-order valence-corrected chi connectivity index (χ3v) is 3.60. The van der Waals surface area contributed by atoms with Gasteiger partial charge in [0, 0.05) is 18.7 Å². The summed E-state index contributed by atoms with van der Waals surface area (Å²) in [5.74, 6) is 5.27. The van der Waals surface area contributed by atoms with Gasteiger partial charge in [-0.05, 0) is 6.42 Å². The second kappa shape index (κ2) is 7.40. The van der Waals surface area contributed by atoms with Gasteiger partial charge in [0.15, 0.2) is 6.23 Å². The number of unbranched alkanes of at least 4 members (excludes halogenated alkanes) is 2. The largest absolute Gasteiger partial charge is 0.394 e. The number of aliphatic hydroxyl groups excluding tert-OH is 2. The van der Waals surface area contributed by atoms with E-state index in [2.05, 4.69) is 23.7 Å². The first-order valence-electron chi connectivity index (χ1n) is 7.32. The van der Waals surface area contributed by atoms with Crippen molar-refractivity contribution in [2.24, 2.45) is 5.92 Å². The highest BCUT2D eigenvalue weighted by Gasteiger charge is 2.43. The number of hydrogen-bond acceptors (Lipinski definition) is 5. The molecule has 0 aliphatic carbocycles. The Morgan fingerprint density at radius 3 is 2.86 bits per heavy atom. The first kappa shape index (κ1) is 16.5. The van der Waals surface area contributed by atoms with Crippen LogP contribution < -0.4 is 11.2 Å². The smallest absolute Gasteiger partial charge is 0.330 e. The van der Waals surface area contributed by atoms with Gasteiger partial charge in [0.05, 0.1) is 12.5 Å². The minimum Gasteiger partial charge on any atom is -0.394 e. The van der Waals surface area contributed by atoms with Crippen molar-refractivity contribution in [3.63, 3.8) is 0 Å². The fourth-order valence-electron chi connectivity index (χ4n) is 2.37. The van der Waals surface area contributed by atoms with E-state index >= 15 is 0 Å². The van der Waals surface area contributed by atoms with Gasteiger partial charge in [0.25, 0.3) is 5.56 Å². The van der Waals surface area contributed by atoms with E-state index in [9.17, 15) is 19.8 Å². The van der Waals surface area contributed by atoms with Crippen LogP contribution in [0.3, 0.4) is 0 Å². The molecule has 120 valence electrons. The molecule has 0 bridgehead atoms. The van der Waals surface area contributed by atoms with Crippen molar-refractivity contribution in [3.05, 3.63) is 33.1 Å². The number of aromatic nitrogens is 2. The summed E-state index contributed by atoms with van der Waals surface area (Å²) in [6.45, 7) is 1.68. The summed E-state index contributed by atoms with van der Waals surface area (Å²) >= 11 is 0. The topological polar surface area (TPSA) is 105 Å². The molecule has 4 atom stereocenters. The van der Waals surface area contributed by atoms with Crippen LogP contribution in [0.5, 0.6) is 0 Å². The first-order valence-corrected chi connectivity index (χ1v) is 7.32. The van der Waals surface area contributed by atoms with Gasteiger partial charge in [-0.3, -0.25) is 14.3 Å². The second-order valence-electron chi connectivity index (χ2n) is 5.21. The molecule has 1 aromatic rings. The molecule has 0 radical (unpaired) electrons. The van der Waals surface area contributed by atoms with Crippen molar-refractivity contribution in [2.45, 2.75) is 44.6 Å². The number of nitrogens with one attached hydrogen (secondary N) is 1. The number of H-pyrrole nitrogens is 1. The molecule has 1 aliphatic rings. The number of hydrogen-bond donors (Lipinski definition) is 3. The summed E-state index contributed by atoms with van der Waals surface area (Å²) in [5.41, 5.74) is -1.15. The van der Waals surface area contributed by atoms with E-state index in [0.717, 1.165) is 12.8 Å². The fourth-order valence-corrected chi connectivity index (χ4v) is 2.37. The third kappa shape index (κ3) is 3.47. The Hall–Kier alpha value is -1.88. The van der Waals surface area contributed by atoms with Crippen LogP contribution in [0.2, 0.25) is 0 Å². The standard InChI is InChI=1S/C15H20N2O5/c1-2-3-4-5-6-10-13(20)11(9-18)22-14(10)17-8-7-12(19)16-15(17)21/h7-8,10-11,13-14,18,20H,2-4,9H2,1H3,(H,16,19,21)/t10-,11+,13-,14+/m0/s1. The summed E-state index contributed by atoms with van der Waals surface area (Å²) in [7, 11) is 0. The quantitative estimate of drug-likeness (QED) is 0.518. The van der Waals surface area contributed by atoms with Crippen molar-refractivity contribution in [1.29, 1.82) is 0 Å². The summed E-state index contributed by atoms with van der Waals surface area (Å²) in [6, 6.07) is 1.20. The van der Waals surface area contributed by atoms with Crippen LogP contribution in [0.15, 0.2) is 21.9 Å². The lowest BCUT2D eigenvalue weighted by Crippen LogP contribution is -2.34. The van der Waals surface area contributed by atoms with Crippen molar-refractivity contribution in [3.8, 4) is 11.8 Å². The van der Waals surface area contributed by atoms with Crippen LogP contribution in [-0.2, 0) is 4.74 Å². The van der Waals surface area contributed by atoms with E-state index in [1.165, 1.54) is 16.8 Å². The van der Waals surface area contributed by atoms with E-state index in [4.69, 9.17) is 4.74 Å². The molecule has 2 heterocycles. The van der Waals surface area contributed by atoms with E-state index in [0.29, 0.717) is 6.42 Å². The minimum absolute atomic E-state index is 0.372.